The van der Waals surface area contributed by atoms with Crippen LogP contribution in [-0.4, -0.2) is 267 Å². The highest BCUT2D eigenvalue weighted by atomic mass is 19.4. The number of amides is 4. The van der Waals surface area contributed by atoms with Crippen LogP contribution in [0.25, 0.3) is 22.3 Å². The predicted molar refractivity (Wildman–Crippen MR) is 356 cm³/mol. The van der Waals surface area contributed by atoms with Gasteiger partial charge in [0, 0.05) is 68.0 Å². The van der Waals surface area contributed by atoms with Gasteiger partial charge in [-0.25, -0.2) is 43.4 Å². The molecule has 47 heteroatoms. The number of imide groups is 2. The van der Waals surface area contributed by atoms with Crippen LogP contribution in [0, 0.1) is 0 Å². The number of para-hydroxylation sites is 1. The number of nitrogens with zero attached hydrogens (tertiary/aromatic N) is 10. The average Bonchev–Trinajstić information content (AvgIpc) is 1.61. The first-order valence-electron chi connectivity index (χ1n) is 34.1. The van der Waals surface area contributed by atoms with E-state index in [1.54, 1.807) is 12.4 Å². The lowest BCUT2D eigenvalue weighted by Gasteiger charge is -2.48. The van der Waals surface area contributed by atoms with Crippen LogP contribution in [0.15, 0.2) is 79.1 Å². The summed E-state index contributed by atoms with van der Waals surface area (Å²) < 4.78 is 199. The van der Waals surface area contributed by atoms with E-state index in [0.717, 1.165) is 109 Å². The summed E-state index contributed by atoms with van der Waals surface area (Å²) in [5.74, 6) is -16.4. The lowest BCUT2D eigenvalue weighted by atomic mass is 9.93. The Balaban J connectivity index is 0.000000393. The number of hydrogen-bond donors (Lipinski definition) is 8. The maximum absolute atomic E-state index is 13.4. The number of ether oxygens (including phenoxy) is 1. The van der Waals surface area contributed by atoms with Gasteiger partial charge in [-0.1, -0.05) is 18.2 Å². The standard InChI is InChI=1S/C55H66N12O5.6C2HF3O2/c56-51-49-50(36-6-9-44(10-7-36)72-43-4-2-1-3-5-43)60-67(52(49)58-35-57-51)41-22-32-64(33-23-41)39-18-28-62(29-19-39)37-14-24-61(25-15-37)38-16-26-63(27-17-38)40-20-30-65(31-21-40)42-8-11-45-46(34-42)55(71)66(54(45)70)47-12-13-48(68)59-53(47)69;6*3-2(4,5)1(6)7/h1-11,34-35,37-41,47H,12-33H2,(H2,56,57,58)(H,59,68,69);6*(H,6,7). The van der Waals surface area contributed by atoms with Crippen molar-refractivity contribution in [3.8, 4) is 22.8 Å². The first kappa shape index (κ1) is 92.2. The van der Waals surface area contributed by atoms with Crippen LogP contribution < -0.4 is 20.7 Å². The average molecular weight is 1660 g/mol. The van der Waals surface area contributed by atoms with Gasteiger partial charge in [-0.15, -0.1) is 0 Å². The summed E-state index contributed by atoms with van der Waals surface area (Å²) in [6.45, 7) is 11.0. The fourth-order valence-corrected chi connectivity index (χ4v) is 13.2. The number of carbonyl (C=O) groups is 10. The van der Waals surface area contributed by atoms with Gasteiger partial charge in [0.25, 0.3) is 11.8 Å². The maximum atomic E-state index is 13.4. The number of aromatic nitrogens is 4. The number of aliphatic carboxylic acids is 6. The van der Waals surface area contributed by atoms with E-state index < -0.39 is 96.6 Å². The van der Waals surface area contributed by atoms with Gasteiger partial charge in [0.2, 0.25) is 11.8 Å². The molecule has 0 radical (unpaired) electrons. The molecule has 1 atom stereocenters. The molecular formula is C67H72F18N12O17. The molecule has 5 aromatic rings. The minimum Gasteiger partial charge on any atom is -0.475 e. The first-order chi connectivity index (χ1) is 52.9. The maximum Gasteiger partial charge on any atom is 0.490 e. The Kier molecular flexibility index (Phi) is 31.4. The number of likely N-dealkylation sites (tertiary alicyclic amines) is 4. The second-order valence-electron chi connectivity index (χ2n) is 26.0. The summed E-state index contributed by atoms with van der Waals surface area (Å²) in [4.78, 5) is 128. The van der Waals surface area contributed by atoms with Crippen LogP contribution in [0.4, 0.5) is 90.5 Å². The lowest BCUT2D eigenvalue weighted by Crippen LogP contribution is -2.55. The molecule has 3 aromatic carbocycles. The molecule has 6 saturated heterocycles. The molecule has 7 aliphatic heterocycles. The Morgan fingerprint density at radius 1 is 0.430 bits per heavy atom. The molecule has 6 fully saturated rings. The van der Waals surface area contributed by atoms with Gasteiger partial charge < -0.3 is 65.6 Å². The van der Waals surface area contributed by atoms with Crippen molar-refractivity contribution in [2.45, 2.75) is 150 Å². The third-order valence-electron chi connectivity index (χ3n) is 18.7. The predicted octanol–water partition coefficient (Wildman–Crippen LogP) is 9.77. The highest BCUT2D eigenvalue weighted by Gasteiger charge is 2.47. The molecule has 0 aliphatic carbocycles. The van der Waals surface area contributed by atoms with Crippen molar-refractivity contribution in [3.63, 3.8) is 0 Å². The Labute approximate surface area is 631 Å². The molecule has 12 rings (SSSR count). The number of nitrogens with one attached hydrogen (secondary N) is 1. The molecular weight excluding hydrogens is 1590 g/mol. The summed E-state index contributed by atoms with van der Waals surface area (Å²) >= 11 is 0. The molecule has 628 valence electrons. The number of nitrogen functional groups attached to an aromatic ring is 1. The summed E-state index contributed by atoms with van der Waals surface area (Å²) in [6, 6.07) is 25.1. The Morgan fingerprint density at radius 3 is 1.13 bits per heavy atom. The van der Waals surface area contributed by atoms with Gasteiger partial charge >= 0.3 is 72.9 Å². The van der Waals surface area contributed by atoms with E-state index in [2.05, 4.69) is 39.5 Å². The molecule has 9 heterocycles. The van der Waals surface area contributed by atoms with Gasteiger partial charge in [-0.05, 0) is 164 Å². The molecule has 0 bridgehead atoms. The smallest absolute Gasteiger partial charge is 0.475 e. The van der Waals surface area contributed by atoms with E-state index in [1.165, 1.54) is 64.7 Å². The van der Waals surface area contributed by atoms with E-state index in [0.29, 0.717) is 41.1 Å². The minimum absolute atomic E-state index is 0.110. The number of halogens is 18. The lowest BCUT2D eigenvalue weighted by molar-refractivity contribution is -0.193. The monoisotopic (exact) mass is 1660 g/mol. The largest absolute Gasteiger partial charge is 0.490 e. The van der Waals surface area contributed by atoms with Crippen molar-refractivity contribution >= 4 is 82.0 Å². The van der Waals surface area contributed by atoms with Gasteiger partial charge in [-0.3, -0.25) is 29.4 Å². The van der Waals surface area contributed by atoms with Gasteiger partial charge in [0.1, 0.15) is 35.4 Å². The Hall–Kier alpha value is -10.7. The summed E-state index contributed by atoms with van der Waals surface area (Å²) in [5.41, 5.74) is 10.7. The van der Waals surface area contributed by atoms with E-state index in [4.69, 9.17) is 80.0 Å². The molecule has 9 N–H and O–H groups in total. The van der Waals surface area contributed by atoms with Gasteiger partial charge in [0.15, 0.2) is 5.65 Å². The van der Waals surface area contributed by atoms with Crippen molar-refractivity contribution in [2.75, 3.05) is 76.1 Å². The fourth-order valence-electron chi connectivity index (χ4n) is 13.2. The zero-order chi connectivity index (χ0) is 85.3. The van der Waals surface area contributed by atoms with Crippen molar-refractivity contribution < 1.29 is 162 Å². The van der Waals surface area contributed by atoms with Crippen LogP contribution in [0.5, 0.6) is 11.5 Å². The molecule has 4 amide bonds. The number of carbonyl (C=O) groups excluding carboxylic acids is 4. The number of hydrogen-bond acceptors (Lipinski definition) is 20. The molecule has 2 aromatic heterocycles. The van der Waals surface area contributed by atoms with E-state index >= 15 is 0 Å². The number of carboxylic acids is 6. The normalized spacial score (nSPS) is 19.1. The van der Waals surface area contributed by atoms with Crippen molar-refractivity contribution in [2.24, 2.45) is 0 Å². The minimum atomic E-state index is -5.08. The third-order valence-corrected chi connectivity index (χ3v) is 18.7. The second kappa shape index (κ2) is 38.9. The van der Waals surface area contributed by atoms with Crippen molar-refractivity contribution in [3.05, 3.63) is 90.3 Å². The quantitative estimate of drug-likeness (QED) is 0.0476. The van der Waals surface area contributed by atoms with Crippen LogP contribution in [0.1, 0.15) is 104 Å². The number of anilines is 2. The fraction of sp³-hybridized carbons (Fsp3) is 0.507. The van der Waals surface area contributed by atoms with Crippen LogP contribution in [0.3, 0.4) is 0 Å². The molecule has 114 heavy (non-hydrogen) atoms. The number of alkyl halides is 18. The zero-order valence-corrected chi connectivity index (χ0v) is 59.1. The number of benzene rings is 3. The topological polar surface area (TPSA) is 402 Å². The van der Waals surface area contributed by atoms with Crippen molar-refractivity contribution in [1.82, 2.24) is 49.6 Å². The number of piperidine rings is 6. The molecule has 0 saturated carbocycles. The van der Waals surface area contributed by atoms with Gasteiger partial charge in [0.05, 0.1) is 22.6 Å². The van der Waals surface area contributed by atoms with Crippen molar-refractivity contribution in [1.29, 1.82) is 0 Å². The Bertz CT molecular complexity index is 3980. The van der Waals surface area contributed by atoms with Crippen LogP contribution in [-0.2, 0) is 38.4 Å². The highest BCUT2D eigenvalue weighted by Crippen LogP contribution is 2.38. The number of fused-ring (bicyclic) bond motifs is 2. The highest BCUT2D eigenvalue weighted by molar-refractivity contribution is 6.23. The number of rotatable bonds is 10. The summed E-state index contributed by atoms with van der Waals surface area (Å²) in [7, 11) is 0. The van der Waals surface area contributed by atoms with Gasteiger partial charge in [-0.2, -0.15) is 84.1 Å². The van der Waals surface area contributed by atoms with E-state index in [-0.39, 0.29) is 24.8 Å². The van der Waals surface area contributed by atoms with Crippen LogP contribution in [0.2, 0.25) is 0 Å². The third kappa shape index (κ3) is 26.2. The summed E-state index contributed by atoms with van der Waals surface area (Å²) in [5, 5.41) is 51.0. The van der Waals surface area contributed by atoms with Crippen LogP contribution >= 0.6 is 0 Å². The Morgan fingerprint density at radius 2 is 0.772 bits per heavy atom. The first-order valence-corrected chi connectivity index (χ1v) is 34.1. The number of carboxylic acid groups (broad SMARTS) is 6. The zero-order valence-electron chi connectivity index (χ0n) is 59.1. The van der Waals surface area contributed by atoms with E-state index in [9.17, 15) is 98.2 Å². The molecule has 0 spiro atoms. The molecule has 29 nitrogen and oxygen atoms in total. The second-order valence-corrected chi connectivity index (χ2v) is 26.0. The summed E-state index contributed by atoms with van der Waals surface area (Å²) in [6.07, 6.45) is -17.0. The van der Waals surface area contributed by atoms with E-state index in [1.807, 2.05) is 66.7 Å². The molecule has 1 unspecified atom stereocenters. The molecule has 7 aliphatic rings. The number of nitrogens with two attached hydrogens (primary N) is 1. The SMILES string of the molecule is Nc1ncnc2c1c(-c1ccc(Oc3ccccc3)cc1)nn2C1CCN(C2CCN(C3CCN(C4CCN(C5CCN(c6ccc7c(c6)C(=O)N(C6CCC(=O)NC6=O)C7=O)CC5)CC4)CC3)CC2)CC1.O=C(O)C(F)(F)F.O=C(O)C(F)(F)F.O=C(O)C(F)(F)F.O=C(O)C(F)(F)F.O=C(O)C(F)(F)F.O=C(O)C(F)(F)F.